The van der Waals surface area contributed by atoms with Gasteiger partial charge < -0.3 is 29.5 Å². The molecule has 0 radical (unpaired) electrons. The van der Waals surface area contributed by atoms with Gasteiger partial charge in [0.25, 0.3) is 0 Å². The van der Waals surface area contributed by atoms with Crippen molar-refractivity contribution in [2.45, 2.75) is 56.9 Å². The summed E-state index contributed by atoms with van der Waals surface area (Å²) in [6, 6.07) is 7.97. The van der Waals surface area contributed by atoms with Crippen LogP contribution in [0.3, 0.4) is 0 Å². The van der Waals surface area contributed by atoms with Crippen molar-refractivity contribution in [1.82, 2.24) is 15.1 Å². The highest BCUT2D eigenvalue weighted by molar-refractivity contribution is 5.98. The van der Waals surface area contributed by atoms with Gasteiger partial charge in [0.1, 0.15) is 17.6 Å². The first-order valence-corrected chi connectivity index (χ1v) is 14.2. The Labute approximate surface area is 229 Å². The van der Waals surface area contributed by atoms with E-state index in [2.05, 4.69) is 10.2 Å². The Balaban J connectivity index is 1.47. The predicted octanol–water partition coefficient (Wildman–Crippen LogP) is 0.612. The molecule has 7 atom stereocenters. The molecule has 2 N–H and O–H groups in total. The van der Waals surface area contributed by atoms with Crippen molar-refractivity contribution >= 4 is 17.8 Å². The average Bonchev–Trinajstić information content (AvgIpc) is 3.45. The van der Waals surface area contributed by atoms with Gasteiger partial charge in [-0.3, -0.25) is 19.3 Å². The molecule has 4 heterocycles. The lowest BCUT2D eigenvalue weighted by molar-refractivity contribution is -0.162. The highest BCUT2D eigenvalue weighted by atomic mass is 16.6. The minimum Gasteiger partial charge on any atom is -0.466 e. The second-order valence-corrected chi connectivity index (χ2v) is 11.5. The molecular formula is C29H41N3O7. The van der Waals surface area contributed by atoms with Gasteiger partial charge in [-0.2, -0.15) is 0 Å². The zero-order valence-electron chi connectivity index (χ0n) is 23.1. The van der Waals surface area contributed by atoms with Gasteiger partial charge in [-0.25, -0.2) is 0 Å². The third-order valence-electron chi connectivity index (χ3n) is 9.29. The maximum atomic E-state index is 14.3. The first-order chi connectivity index (χ1) is 18.8. The van der Waals surface area contributed by atoms with E-state index in [0.717, 1.165) is 18.7 Å². The minimum atomic E-state index is -1.17. The van der Waals surface area contributed by atoms with Crippen molar-refractivity contribution in [1.29, 1.82) is 0 Å². The number of rotatable bonds is 10. The van der Waals surface area contributed by atoms with Crippen molar-refractivity contribution in [2.75, 3.05) is 52.6 Å². The number of fused-ring (bicyclic) bond motifs is 1. The molecule has 0 saturated carbocycles. The van der Waals surface area contributed by atoms with E-state index in [1.807, 2.05) is 44.2 Å². The van der Waals surface area contributed by atoms with E-state index in [4.69, 9.17) is 14.2 Å². The first-order valence-electron chi connectivity index (χ1n) is 14.2. The second-order valence-electron chi connectivity index (χ2n) is 11.5. The van der Waals surface area contributed by atoms with Crippen LogP contribution >= 0.6 is 0 Å². The average molecular weight is 544 g/mol. The highest BCUT2D eigenvalue weighted by Gasteiger charge is 2.80. The number of carbonyl (C=O) groups excluding carboxylic acids is 3. The van der Waals surface area contributed by atoms with Crippen molar-refractivity contribution in [3.8, 4) is 0 Å². The quantitative estimate of drug-likeness (QED) is 0.413. The van der Waals surface area contributed by atoms with Crippen LogP contribution in [0, 0.1) is 17.8 Å². The van der Waals surface area contributed by atoms with Gasteiger partial charge >= 0.3 is 5.97 Å². The first kappa shape index (κ1) is 28.0. The molecule has 4 aliphatic heterocycles. The lowest BCUT2D eigenvalue weighted by atomic mass is 9.62. The summed E-state index contributed by atoms with van der Waals surface area (Å²) in [7, 11) is 0. The van der Waals surface area contributed by atoms with Gasteiger partial charge in [0, 0.05) is 26.2 Å². The van der Waals surface area contributed by atoms with Gasteiger partial charge in [0.15, 0.2) is 0 Å². The zero-order chi connectivity index (χ0) is 27.8. The van der Waals surface area contributed by atoms with Crippen LogP contribution in [0.2, 0.25) is 0 Å². The minimum absolute atomic E-state index is 0.0683. The van der Waals surface area contributed by atoms with Crippen LogP contribution in [0.15, 0.2) is 30.3 Å². The third-order valence-corrected chi connectivity index (χ3v) is 9.29. The fraction of sp³-hybridized carbons (Fsp3) is 0.690. The molecule has 5 rings (SSSR count). The Hall–Kier alpha value is -2.53. The number of nitrogens with zero attached hydrogens (tertiary/aromatic N) is 2. The number of esters is 1. The molecule has 1 aromatic rings. The van der Waals surface area contributed by atoms with E-state index in [1.54, 1.807) is 6.92 Å². The normalized spacial score (nSPS) is 34.7. The number of aliphatic hydroxyl groups is 1. The molecule has 4 saturated heterocycles. The highest BCUT2D eigenvalue weighted by Crippen LogP contribution is 2.65. The largest absolute Gasteiger partial charge is 0.466 e. The Bertz CT molecular complexity index is 1060. The Morgan fingerprint density at radius 2 is 1.95 bits per heavy atom. The molecular weight excluding hydrogens is 502 g/mol. The lowest BCUT2D eigenvalue weighted by Crippen LogP contribution is -2.59. The summed E-state index contributed by atoms with van der Waals surface area (Å²) in [5, 5.41) is 13.6. The van der Waals surface area contributed by atoms with Gasteiger partial charge in [-0.05, 0) is 38.2 Å². The molecule has 214 valence electrons. The molecule has 10 heteroatoms. The van der Waals surface area contributed by atoms with E-state index >= 15 is 0 Å². The van der Waals surface area contributed by atoms with Gasteiger partial charge in [-0.15, -0.1) is 0 Å². The maximum Gasteiger partial charge on any atom is 0.312 e. The molecule has 1 spiro atoms. The number of amides is 2. The zero-order valence-corrected chi connectivity index (χ0v) is 23.1. The summed E-state index contributed by atoms with van der Waals surface area (Å²) in [5.41, 5.74) is -1.15. The number of hydrogen-bond donors (Lipinski definition) is 2. The van der Waals surface area contributed by atoms with Crippen molar-refractivity contribution < 1.29 is 33.7 Å². The van der Waals surface area contributed by atoms with Crippen LogP contribution in [0.25, 0.3) is 0 Å². The van der Waals surface area contributed by atoms with Crippen LogP contribution in [0.1, 0.15) is 32.8 Å². The van der Waals surface area contributed by atoms with Crippen LogP contribution in [-0.2, 0) is 35.0 Å². The fourth-order valence-electron chi connectivity index (χ4n) is 7.36. The molecule has 3 unspecified atom stereocenters. The van der Waals surface area contributed by atoms with Crippen LogP contribution in [0.4, 0.5) is 0 Å². The summed E-state index contributed by atoms with van der Waals surface area (Å²) < 4.78 is 17.6. The van der Waals surface area contributed by atoms with Gasteiger partial charge in [0.2, 0.25) is 11.8 Å². The number of hydrogen-bond acceptors (Lipinski definition) is 8. The summed E-state index contributed by atoms with van der Waals surface area (Å²) in [6.45, 7) is 9.50. The molecule has 2 amide bonds. The summed E-state index contributed by atoms with van der Waals surface area (Å²) in [4.78, 5) is 45.4. The SMILES string of the molecule is CCOC(=O)[C@@H]1[C@H]2C(=O)N([C@@H](CO)Cc3ccccc3)C(C(=O)NCCN3CCOCC3)C23CC(C)[C@@]1(C)O3. The summed E-state index contributed by atoms with van der Waals surface area (Å²) >= 11 is 0. The molecule has 0 aliphatic carbocycles. The molecule has 0 aromatic heterocycles. The van der Waals surface area contributed by atoms with E-state index in [-0.39, 0.29) is 30.9 Å². The number of carbonyl (C=O) groups is 3. The molecule has 10 nitrogen and oxygen atoms in total. The van der Waals surface area contributed by atoms with Crippen LogP contribution in [-0.4, -0.2) is 109 Å². The Morgan fingerprint density at radius 1 is 1.23 bits per heavy atom. The number of ether oxygens (including phenoxy) is 3. The van der Waals surface area contributed by atoms with Crippen LogP contribution < -0.4 is 5.32 Å². The van der Waals surface area contributed by atoms with E-state index < -0.39 is 41.1 Å². The fourth-order valence-corrected chi connectivity index (χ4v) is 7.36. The van der Waals surface area contributed by atoms with Gasteiger partial charge in [-0.1, -0.05) is 37.3 Å². The number of morpholine rings is 1. The maximum absolute atomic E-state index is 14.3. The van der Waals surface area contributed by atoms with Crippen molar-refractivity contribution in [3.63, 3.8) is 0 Å². The second kappa shape index (κ2) is 11.2. The van der Waals surface area contributed by atoms with Crippen molar-refractivity contribution in [2.24, 2.45) is 17.8 Å². The molecule has 4 fully saturated rings. The number of nitrogens with one attached hydrogen (secondary N) is 1. The summed E-state index contributed by atoms with van der Waals surface area (Å²) in [6.07, 6.45) is 0.845. The Kier molecular flexibility index (Phi) is 8.01. The van der Waals surface area contributed by atoms with E-state index in [1.165, 1.54) is 4.90 Å². The standard InChI is InChI=1S/C29H41N3O7/c1-4-38-27(36)23-22-26(35)32(21(18-33)16-20-8-6-5-7-9-20)24(29(22)17-19(2)28(23,3)39-29)25(34)30-10-11-31-12-14-37-15-13-31/h5-9,19,21-24,33H,4,10-18H2,1-3H3,(H,30,34)/t19?,21-,22+,23+,24?,28-,29?/m1/s1. The van der Waals surface area contributed by atoms with E-state index in [9.17, 15) is 19.5 Å². The monoisotopic (exact) mass is 543 g/mol. The third kappa shape index (κ3) is 4.75. The molecule has 39 heavy (non-hydrogen) atoms. The number of likely N-dealkylation sites (tertiary alicyclic amines) is 1. The van der Waals surface area contributed by atoms with Crippen LogP contribution in [0.5, 0.6) is 0 Å². The van der Waals surface area contributed by atoms with Gasteiger partial charge in [0.05, 0.1) is 44.0 Å². The number of aliphatic hydroxyl groups excluding tert-OH is 1. The van der Waals surface area contributed by atoms with Crippen molar-refractivity contribution in [3.05, 3.63) is 35.9 Å². The predicted molar refractivity (Wildman–Crippen MR) is 142 cm³/mol. The number of benzene rings is 1. The summed E-state index contributed by atoms with van der Waals surface area (Å²) in [5.74, 6) is -2.85. The van der Waals surface area contributed by atoms with E-state index in [0.29, 0.717) is 39.1 Å². The smallest absolute Gasteiger partial charge is 0.312 e. The topological polar surface area (TPSA) is 118 Å². The molecule has 4 aliphatic rings. The Morgan fingerprint density at radius 3 is 2.62 bits per heavy atom. The molecule has 1 aromatic carbocycles. The lowest BCUT2D eigenvalue weighted by Gasteiger charge is -2.37. The molecule has 2 bridgehead atoms.